The highest BCUT2D eigenvalue weighted by atomic mass is 31.2. The molecule has 1 saturated carbocycles. The summed E-state index contributed by atoms with van der Waals surface area (Å²) in [5.41, 5.74) is -2.94. The monoisotopic (exact) mass is 634 g/mol. The topological polar surface area (TPSA) is 164 Å². The molecule has 1 aromatic rings. The Hall–Kier alpha value is -1.49. The number of hydrogen-bond acceptors (Lipinski definition) is 12. The predicted octanol–water partition coefficient (Wildman–Crippen LogP) is 3.10. The lowest BCUT2D eigenvalue weighted by molar-refractivity contribution is -0.163. The van der Waals surface area contributed by atoms with Crippen molar-refractivity contribution in [3.63, 3.8) is 0 Å². The first kappa shape index (κ1) is 35.0. The van der Waals surface area contributed by atoms with Gasteiger partial charge >= 0.3 is 13.3 Å². The van der Waals surface area contributed by atoms with Crippen molar-refractivity contribution in [1.29, 1.82) is 5.26 Å². The van der Waals surface area contributed by atoms with Gasteiger partial charge in [-0.25, -0.2) is 9.46 Å². The lowest BCUT2D eigenvalue weighted by Gasteiger charge is -2.41. The minimum atomic E-state index is -3.43. The van der Waals surface area contributed by atoms with Crippen LogP contribution in [0.15, 0.2) is 15.8 Å². The van der Waals surface area contributed by atoms with E-state index in [4.69, 9.17) is 32.3 Å². The second-order valence-corrected chi connectivity index (χ2v) is 14.7. The van der Waals surface area contributed by atoms with Crippen LogP contribution < -0.4 is 11.2 Å². The Morgan fingerprint density at radius 3 is 2.43 bits per heavy atom. The molecule has 42 heavy (non-hydrogen) atoms. The van der Waals surface area contributed by atoms with Crippen molar-refractivity contribution in [2.45, 2.75) is 83.1 Å². The molecular weight excluding hydrogens is 590 g/mol. The summed E-state index contributed by atoms with van der Waals surface area (Å²) in [7, 11) is -1.04. The Morgan fingerprint density at radius 2 is 1.86 bits per heavy atom. The molecule has 2 heterocycles. The van der Waals surface area contributed by atoms with E-state index in [-0.39, 0.29) is 56.4 Å². The largest absolute Gasteiger partial charge is 0.382 e. The summed E-state index contributed by atoms with van der Waals surface area (Å²) in [5.74, 6) is -0.310. The van der Waals surface area contributed by atoms with Crippen molar-refractivity contribution in [3.05, 3.63) is 32.6 Å². The molecule has 16 heteroatoms. The van der Waals surface area contributed by atoms with E-state index in [0.717, 1.165) is 0 Å². The number of rotatable bonds is 17. The van der Waals surface area contributed by atoms with Crippen LogP contribution in [0.5, 0.6) is 0 Å². The number of aromatic amines is 1. The number of ether oxygens (including phenoxy) is 3. The second kappa shape index (κ2) is 15.0. The number of hydrogen-bond donors (Lipinski definition) is 1. The van der Waals surface area contributed by atoms with Gasteiger partial charge in [-0.3, -0.25) is 18.9 Å². The van der Waals surface area contributed by atoms with Gasteiger partial charge in [-0.1, -0.05) is 0 Å². The molecule has 6 atom stereocenters. The van der Waals surface area contributed by atoms with Crippen LogP contribution in [0.1, 0.15) is 46.1 Å². The van der Waals surface area contributed by atoms with Gasteiger partial charge in [-0.05, 0) is 41.0 Å². The van der Waals surface area contributed by atoms with Crippen LogP contribution in [-0.2, 0) is 42.6 Å². The first-order chi connectivity index (χ1) is 19.9. The van der Waals surface area contributed by atoms with E-state index in [1.807, 2.05) is 27.7 Å². The normalized spacial score (nSPS) is 26.7. The molecule has 1 saturated heterocycles. The van der Waals surface area contributed by atoms with Gasteiger partial charge in [0.05, 0.1) is 50.7 Å². The first-order valence-electron chi connectivity index (χ1n) is 13.9. The molecule has 1 aliphatic carbocycles. The van der Waals surface area contributed by atoms with Gasteiger partial charge < -0.3 is 32.3 Å². The van der Waals surface area contributed by atoms with Crippen molar-refractivity contribution in [1.82, 2.24) is 14.2 Å². The Labute approximate surface area is 248 Å². The molecule has 0 spiro atoms. The maximum absolute atomic E-state index is 13.3. The molecule has 5 unspecified atom stereocenters. The molecule has 238 valence electrons. The zero-order chi connectivity index (χ0) is 31.2. The molecule has 1 aromatic heterocycles. The Balaban J connectivity index is 2.17. The fraction of sp³-hybridized carbons (Fsp3) is 0.808. The summed E-state index contributed by atoms with van der Waals surface area (Å²) in [5, 5.41) is 9.18. The van der Waals surface area contributed by atoms with Crippen LogP contribution >= 0.6 is 16.1 Å². The van der Waals surface area contributed by atoms with Crippen molar-refractivity contribution in [2.75, 3.05) is 47.8 Å². The van der Waals surface area contributed by atoms with Crippen molar-refractivity contribution in [3.8, 4) is 6.07 Å². The molecule has 2 fully saturated rings. The van der Waals surface area contributed by atoms with Crippen LogP contribution in [0.4, 0.5) is 0 Å². The minimum absolute atomic E-state index is 0.00306. The minimum Gasteiger partial charge on any atom is -0.382 e. The van der Waals surface area contributed by atoms with Crippen molar-refractivity contribution >= 4 is 16.1 Å². The molecular formula is C26H44N4O10P2. The number of H-pyrrole nitrogens is 1. The average molecular weight is 635 g/mol. The average Bonchev–Trinajstić information content (AvgIpc) is 3.67. The number of aromatic nitrogens is 2. The second-order valence-electron chi connectivity index (χ2n) is 10.8. The van der Waals surface area contributed by atoms with Gasteiger partial charge in [-0.2, -0.15) is 5.26 Å². The van der Waals surface area contributed by atoms with Crippen LogP contribution in [-0.4, -0.2) is 91.9 Å². The summed E-state index contributed by atoms with van der Waals surface area (Å²) in [6.07, 6.45) is 0.379. The zero-order valence-electron chi connectivity index (χ0n) is 25.6. The summed E-state index contributed by atoms with van der Waals surface area (Å²) < 4.78 is 58.3. The number of nitriles is 1. The maximum Gasteiger partial charge on any atom is 0.333 e. The van der Waals surface area contributed by atoms with E-state index in [9.17, 15) is 19.4 Å². The fourth-order valence-corrected chi connectivity index (χ4v) is 8.95. The standard InChI is InChI=1S/C26H44N4O10P2/c1-17(2)30(18(3)4)41(39-11-9-10-27)40-23-22(20-14-21(20)42(33,35-7)36-8)37-16-26(23,38-13-12-34-6)29-15-19(5)24(31)28-25(29)32/h15,17-18,20-23H,9,11-14,16H2,1-8H3,(H,28,31,32)/t20?,21?,22-,23?,26?,41?/m1/s1. The quantitative estimate of drug-likeness (QED) is 0.197. The number of aryl methyl sites for hydroxylation is 1. The van der Waals surface area contributed by atoms with E-state index in [1.54, 1.807) is 6.92 Å². The molecule has 1 N–H and O–H groups in total. The lowest BCUT2D eigenvalue weighted by atomic mass is 10.0. The van der Waals surface area contributed by atoms with E-state index >= 15 is 0 Å². The summed E-state index contributed by atoms with van der Waals surface area (Å²) in [6, 6.07) is 2.09. The maximum atomic E-state index is 13.3. The van der Waals surface area contributed by atoms with Gasteiger partial charge in [0.2, 0.25) is 5.72 Å². The third kappa shape index (κ3) is 7.41. The zero-order valence-corrected chi connectivity index (χ0v) is 27.4. The number of nitrogens with zero attached hydrogens (tertiary/aromatic N) is 3. The number of nitrogens with one attached hydrogen (secondary N) is 1. The van der Waals surface area contributed by atoms with E-state index in [1.165, 1.54) is 32.1 Å². The molecule has 0 radical (unpaired) electrons. The third-order valence-electron chi connectivity index (χ3n) is 7.40. The smallest absolute Gasteiger partial charge is 0.333 e. The number of methoxy groups -OCH3 is 1. The molecule has 0 amide bonds. The van der Waals surface area contributed by atoms with Gasteiger partial charge in [0.1, 0.15) is 6.10 Å². The summed E-state index contributed by atoms with van der Waals surface area (Å²) >= 11 is 0. The molecule has 1 aliphatic heterocycles. The van der Waals surface area contributed by atoms with Crippen LogP contribution in [0.2, 0.25) is 0 Å². The highest BCUT2D eigenvalue weighted by Gasteiger charge is 2.65. The Morgan fingerprint density at radius 1 is 1.19 bits per heavy atom. The highest BCUT2D eigenvalue weighted by molar-refractivity contribution is 7.55. The van der Waals surface area contributed by atoms with Crippen molar-refractivity contribution < 1.29 is 36.9 Å². The SMILES string of the molecule is COCCOC1(n2cc(C)c(=O)[nH]c2=O)CO[C@H](C2CC2P(=O)(OC)OC)C1OP(OCCC#N)N(C(C)C)C(C)C. The van der Waals surface area contributed by atoms with E-state index in [0.29, 0.717) is 6.42 Å². The Kier molecular flexibility index (Phi) is 12.5. The van der Waals surface area contributed by atoms with Gasteiger partial charge in [0.25, 0.3) is 14.1 Å². The highest BCUT2D eigenvalue weighted by Crippen LogP contribution is 2.67. The van der Waals surface area contributed by atoms with Crippen LogP contribution in [0, 0.1) is 24.2 Å². The first-order valence-corrected chi connectivity index (χ1v) is 16.7. The molecule has 2 aliphatic rings. The van der Waals surface area contributed by atoms with E-state index < -0.39 is 51.0 Å². The molecule has 0 aromatic carbocycles. The van der Waals surface area contributed by atoms with Gasteiger partial charge in [-0.15, -0.1) is 0 Å². The van der Waals surface area contributed by atoms with E-state index in [2.05, 4.69) is 15.7 Å². The third-order valence-corrected chi connectivity index (χ3v) is 11.9. The molecule has 3 rings (SSSR count). The van der Waals surface area contributed by atoms with Crippen LogP contribution in [0.25, 0.3) is 0 Å². The Bertz CT molecular complexity index is 1230. The molecule has 14 nitrogen and oxygen atoms in total. The molecule has 0 bridgehead atoms. The van der Waals surface area contributed by atoms with Gasteiger partial charge in [0.15, 0.2) is 0 Å². The summed E-state index contributed by atoms with van der Waals surface area (Å²) in [6.45, 7) is 9.93. The summed E-state index contributed by atoms with van der Waals surface area (Å²) in [4.78, 5) is 28.0. The predicted molar refractivity (Wildman–Crippen MR) is 155 cm³/mol. The van der Waals surface area contributed by atoms with Crippen molar-refractivity contribution in [2.24, 2.45) is 5.92 Å². The lowest BCUT2D eigenvalue weighted by Crippen LogP contribution is -2.56. The van der Waals surface area contributed by atoms with Crippen LogP contribution in [0.3, 0.4) is 0 Å². The fourth-order valence-electron chi connectivity index (χ4n) is 5.34. The van der Waals surface area contributed by atoms with Gasteiger partial charge in [0, 0.05) is 51.1 Å².